The predicted octanol–water partition coefficient (Wildman–Crippen LogP) is 2.35. The summed E-state index contributed by atoms with van der Waals surface area (Å²) in [6, 6.07) is 0. The Morgan fingerprint density at radius 1 is 1.29 bits per heavy atom. The summed E-state index contributed by atoms with van der Waals surface area (Å²) in [5.41, 5.74) is -0.110. The van der Waals surface area contributed by atoms with Crippen LogP contribution in [-0.2, 0) is 9.47 Å². The molecule has 3 nitrogen and oxygen atoms in total. The van der Waals surface area contributed by atoms with Gasteiger partial charge in [0, 0.05) is 13.8 Å². The number of ether oxygens (including phenoxy) is 2. The van der Waals surface area contributed by atoms with Crippen LogP contribution in [0, 0.1) is 5.41 Å². The number of nitrogens with zero attached hydrogens (tertiary/aromatic N) is 1. The lowest BCUT2D eigenvalue weighted by atomic mass is 9.69. The van der Waals surface area contributed by atoms with Crippen molar-refractivity contribution < 1.29 is 9.47 Å². The Morgan fingerprint density at radius 3 is 2.29 bits per heavy atom. The molecule has 14 heavy (non-hydrogen) atoms. The second-order valence-corrected chi connectivity index (χ2v) is 5.69. The fourth-order valence-corrected chi connectivity index (χ4v) is 2.58. The normalized spacial score (nSPS) is 46.4. The van der Waals surface area contributed by atoms with Crippen LogP contribution in [0.1, 0.15) is 41.5 Å². The summed E-state index contributed by atoms with van der Waals surface area (Å²) in [6.45, 7) is 12.5. The zero-order valence-electron chi connectivity index (χ0n) is 9.84. The summed E-state index contributed by atoms with van der Waals surface area (Å²) in [6.07, 6.45) is 0.137. The zero-order valence-corrected chi connectivity index (χ0v) is 9.84. The number of aliphatic imine (C=N–C) groups is 1. The van der Waals surface area contributed by atoms with Gasteiger partial charge >= 0.3 is 0 Å². The molecule has 0 spiro atoms. The average Bonchev–Trinajstić information content (AvgIpc) is 2.10. The molecular formula is C11H19NO2. The van der Waals surface area contributed by atoms with Gasteiger partial charge in [0.15, 0.2) is 11.4 Å². The van der Waals surface area contributed by atoms with E-state index in [-0.39, 0.29) is 17.1 Å². The van der Waals surface area contributed by atoms with Gasteiger partial charge in [-0.2, -0.15) is 0 Å². The number of fused-ring (bicyclic) bond motifs is 1. The topological polar surface area (TPSA) is 30.8 Å². The van der Waals surface area contributed by atoms with Crippen molar-refractivity contribution in [3.05, 3.63) is 0 Å². The molecule has 3 atom stereocenters. The van der Waals surface area contributed by atoms with Crippen molar-refractivity contribution in [2.45, 2.75) is 59.0 Å². The van der Waals surface area contributed by atoms with Gasteiger partial charge < -0.3 is 9.47 Å². The van der Waals surface area contributed by atoms with Gasteiger partial charge in [-0.25, -0.2) is 4.99 Å². The first-order valence-electron chi connectivity index (χ1n) is 5.12. The molecule has 0 amide bonds. The third-order valence-electron chi connectivity index (χ3n) is 3.29. The molecule has 1 saturated heterocycles. The van der Waals surface area contributed by atoms with Crippen molar-refractivity contribution in [2.75, 3.05) is 0 Å². The molecule has 3 heteroatoms. The summed E-state index contributed by atoms with van der Waals surface area (Å²) in [4.78, 5) is 4.58. The van der Waals surface area contributed by atoms with Crippen LogP contribution >= 0.6 is 0 Å². The van der Waals surface area contributed by atoms with Crippen molar-refractivity contribution >= 4 is 5.90 Å². The first-order valence-corrected chi connectivity index (χ1v) is 5.12. The van der Waals surface area contributed by atoms with Crippen LogP contribution in [0.2, 0.25) is 0 Å². The van der Waals surface area contributed by atoms with Gasteiger partial charge in [-0.15, -0.1) is 0 Å². The van der Waals surface area contributed by atoms with E-state index in [4.69, 9.17) is 9.47 Å². The Labute approximate surface area is 85.5 Å². The zero-order chi connectivity index (χ0) is 10.8. The molecule has 2 aliphatic heterocycles. The molecule has 0 aliphatic carbocycles. The molecule has 1 fully saturated rings. The molecule has 0 aromatic heterocycles. The Bertz CT molecular complexity index is 305. The fraction of sp³-hybridized carbons (Fsp3) is 0.909. The third-order valence-corrected chi connectivity index (χ3v) is 3.29. The summed E-state index contributed by atoms with van der Waals surface area (Å²) in [5.74, 6) is 0.205. The molecular weight excluding hydrogens is 178 g/mol. The minimum Gasteiger partial charge on any atom is -0.447 e. The van der Waals surface area contributed by atoms with Crippen molar-refractivity contribution in [2.24, 2.45) is 10.4 Å². The molecule has 0 radical (unpaired) electrons. The van der Waals surface area contributed by atoms with Crippen LogP contribution < -0.4 is 0 Å². The molecule has 0 aromatic rings. The lowest BCUT2D eigenvalue weighted by Gasteiger charge is -2.57. The van der Waals surface area contributed by atoms with E-state index in [0.717, 1.165) is 5.90 Å². The third kappa shape index (κ3) is 0.991. The highest BCUT2D eigenvalue weighted by Gasteiger charge is 2.70. The highest BCUT2D eigenvalue weighted by Crippen LogP contribution is 2.55. The molecule has 0 aromatic carbocycles. The van der Waals surface area contributed by atoms with E-state index >= 15 is 0 Å². The summed E-state index contributed by atoms with van der Waals surface area (Å²) >= 11 is 0. The maximum atomic E-state index is 5.85. The van der Waals surface area contributed by atoms with Gasteiger partial charge in [0.05, 0.1) is 6.10 Å². The highest BCUT2D eigenvalue weighted by molar-refractivity contribution is 5.77. The molecule has 0 saturated carbocycles. The van der Waals surface area contributed by atoms with Crippen LogP contribution in [-0.4, -0.2) is 23.3 Å². The molecule has 2 rings (SSSR count). The van der Waals surface area contributed by atoms with E-state index < -0.39 is 5.79 Å². The van der Waals surface area contributed by atoms with Crippen molar-refractivity contribution in [3.63, 3.8) is 0 Å². The van der Waals surface area contributed by atoms with Crippen LogP contribution in [0.3, 0.4) is 0 Å². The summed E-state index contributed by atoms with van der Waals surface area (Å²) < 4.78 is 11.5. The monoisotopic (exact) mass is 197 g/mol. The number of hydrogen-bond acceptors (Lipinski definition) is 3. The second-order valence-electron chi connectivity index (χ2n) is 5.69. The fourth-order valence-electron chi connectivity index (χ4n) is 2.58. The van der Waals surface area contributed by atoms with E-state index in [9.17, 15) is 0 Å². The van der Waals surface area contributed by atoms with Crippen LogP contribution in [0.25, 0.3) is 0 Å². The highest BCUT2D eigenvalue weighted by atomic mass is 16.7. The summed E-state index contributed by atoms with van der Waals surface area (Å²) in [5, 5.41) is 0. The predicted molar refractivity (Wildman–Crippen MR) is 55.3 cm³/mol. The lowest BCUT2D eigenvalue weighted by molar-refractivity contribution is -0.359. The van der Waals surface area contributed by atoms with E-state index in [1.54, 1.807) is 0 Å². The Balaban J connectivity index is 2.32. The van der Waals surface area contributed by atoms with Gasteiger partial charge in [0.1, 0.15) is 0 Å². The van der Waals surface area contributed by atoms with E-state index in [1.165, 1.54) is 0 Å². The molecule has 0 unspecified atom stereocenters. The Hall–Kier alpha value is -0.570. The minimum absolute atomic E-state index is 0.103. The van der Waals surface area contributed by atoms with Crippen molar-refractivity contribution in [1.82, 2.24) is 0 Å². The van der Waals surface area contributed by atoms with Gasteiger partial charge in [-0.05, 0) is 12.3 Å². The largest absolute Gasteiger partial charge is 0.447 e. The van der Waals surface area contributed by atoms with Crippen LogP contribution in [0.4, 0.5) is 0 Å². The maximum Gasteiger partial charge on any atom is 0.237 e. The van der Waals surface area contributed by atoms with Crippen molar-refractivity contribution in [3.8, 4) is 0 Å². The second kappa shape index (κ2) is 2.32. The van der Waals surface area contributed by atoms with Gasteiger partial charge in [-0.1, -0.05) is 20.8 Å². The number of hydrogen-bond donors (Lipinski definition) is 0. The minimum atomic E-state index is -0.533. The molecule has 0 N–H and O–H groups in total. The first-order chi connectivity index (χ1) is 6.19. The van der Waals surface area contributed by atoms with E-state index in [1.807, 2.05) is 13.8 Å². The van der Waals surface area contributed by atoms with Crippen LogP contribution in [0.5, 0.6) is 0 Å². The van der Waals surface area contributed by atoms with Gasteiger partial charge in [0.25, 0.3) is 0 Å². The van der Waals surface area contributed by atoms with E-state index in [0.29, 0.717) is 0 Å². The first kappa shape index (κ1) is 9.97. The quantitative estimate of drug-likeness (QED) is 0.597. The smallest absolute Gasteiger partial charge is 0.237 e. The lowest BCUT2D eigenvalue weighted by Crippen LogP contribution is -2.72. The molecule has 2 heterocycles. The number of rotatable bonds is 0. The summed E-state index contributed by atoms with van der Waals surface area (Å²) in [7, 11) is 0. The Morgan fingerprint density at radius 2 is 1.86 bits per heavy atom. The SMILES string of the molecule is CC1=N[C@]2(C)[C@@H](C(C)(C)C)O[C@]2(C)O1. The standard InChI is InChI=1S/C11H19NO2/c1-7-12-10(5)8(9(2,3)4)14-11(10,6)13-7/h8H,1-6H3/t8-,10-,11+/m1/s1. The van der Waals surface area contributed by atoms with Crippen molar-refractivity contribution in [1.29, 1.82) is 0 Å². The molecule has 2 aliphatic rings. The average molecular weight is 197 g/mol. The molecule has 0 bridgehead atoms. The van der Waals surface area contributed by atoms with Crippen LogP contribution in [0.15, 0.2) is 4.99 Å². The van der Waals surface area contributed by atoms with Gasteiger partial charge in [0.2, 0.25) is 5.79 Å². The Kier molecular flexibility index (Phi) is 1.65. The van der Waals surface area contributed by atoms with E-state index in [2.05, 4.69) is 32.7 Å². The maximum absolute atomic E-state index is 5.85. The molecule has 80 valence electrons. The van der Waals surface area contributed by atoms with Gasteiger partial charge in [-0.3, -0.25) is 0 Å².